The summed E-state index contributed by atoms with van der Waals surface area (Å²) in [5.74, 6) is 0.274. The second kappa shape index (κ2) is 8.53. The fraction of sp³-hybridized carbons (Fsp3) is 0.278. The molecule has 0 bridgehead atoms. The number of furan rings is 1. The molecule has 1 aliphatic carbocycles. The third-order valence-corrected chi connectivity index (χ3v) is 4.08. The lowest BCUT2D eigenvalue weighted by atomic mass is 9.81. The number of nitrogens with zero attached hydrogens (tertiary/aromatic N) is 2. The Morgan fingerprint density at radius 3 is 2.65 bits per heavy atom. The van der Waals surface area contributed by atoms with Crippen molar-refractivity contribution >= 4 is 30.0 Å². The van der Waals surface area contributed by atoms with Crippen LogP contribution >= 0.6 is 12.4 Å². The number of nitrogens with two attached hydrogens (primary N) is 2. The van der Waals surface area contributed by atoms with Crippen LogP contribution < -0.4 is 11.5 Å². The van der Waals surface area contributed by atoms with E-state index in [1.807, 2.05) is 18.2 Å². The Labute approximate surface area is 157 Å². The summed E-state index contributed by atoms with van der Waals surface area (Å²) in [6.45, 7) is 2.04. The predicted octanol–water partition coefficient (Wildman–Crippen LogP) is 2.59. The van der Waals surface area contributed by atoms with Crippen molar-refractivity contribution in [1.29, 1.82) is 0 Å². The van der Waals surface area contributed by atoms with Crippen LogP contribution in [0.25, 0.3) is 0 Å². The van der Waals surface area contributed by atoms with Crippen molar-refractivity contribution in [3.63, 3.8) is 0 Å². The first kappa shape index (κ1) is 19.5. The lowest BCUT2D eigenvalue weighted by Gasteiger charge is -2.23. The van der Waals surface area contributed by atoms with Crippen molar-refractivity contribution in [1.82, 2.24) is 0 Å². The fourth-order valence-corrected chi connectivity index (χ4v) is 3.02. The van der Waals surface area contributed by atoms with Crippen LogP contribution in [0.5, 0.6) is 0 Å². The van der Waals surface area contributed by atoms with Gasteiger partial charge in [0.1, 0.15) is 17.6 Å². The molecule has 26 heavy (non-hydrogen) atoms. The average molecular weight is 377 g/mol. The highest BCUT2D eigenvalue weighted by Crippen LogP contribution is 2.36. The summed E-state index contributed by atoms with van der Waals surface area (Å²) >= 11 is 0. The Bertz CT molecular complexity index is 826. The van der Waals surface area contributed by atoms with Crippen LogP contribution in [0.3, 0.4) is 0 Å². The molecule has 0 spiro atoms. The number of benzene rings is 1. The summed E-state index contributed by atoms with van der Waals surface area (Å²) in [5, 5.41) is 7.93. The van der Waals surface area contributed by atoms with Crippen LogP contribution in [0.15, 0.2) is 51.2 Å². The lowest BCUT2D eigenvalue weighted by Crippen LogP contribution is -2.24. The summed E-state index contributed by atoms with van der Waals surface area (Å²) in [6.07, 6.45) is 2.68. The highest BCUT2D eigenvalue weighted by atomic mass is 35.5. The molecule has 1 atom stereocenters. The molecule has 1 unspecified atom stereocenters. The van der Waals surface area contributed by atoms with Gasteiger partial charge in [-0.2, -0.15) is 5.10 Å². The number of carbonyl (C=O) groups is 1. The van der Waals surface area contributed by atoms with Gasteiger partial charge in [0, 0.05) is 6.42 Å². The maximum absolute atomic E-state index is 12.2. The van der Waals surface area contributed by atoms with Gasteiger partial charge >= 0.3 is 5.97 Å². The maximum atomic E-state index is 12.2. The molecule has 2 aromatic rings. The maximum Gasteiger partial charge on any atom is 0.342 e. The minimum absolute atomic E-state index is 0. The second-order valence-electron chi connectivity index (χ2n) is 5.76. The molecule has 1 heterocycles. The van der Waals surface area contributed by atoms with E-state index < -0.39 is 5.97 Å². The summed E-state index contributed by atoms with van der Waals surface area (Å²) in [4.78, 5) is 12.2. The number of carbonyl (C=O) groups excluding carboxylic acids is 1. The minimum Gasteiger partial charge on any atom is -0.468 e. The number of guanidine groups is 1. The van der Waals surface area contributed by atoms with Gasteiger partial charge in [-0.1, -0.05) is 30.3 Å². The van der Waals surface area contributed by atoms with Gasteiger partial charge in [-0.15, -0.1) is 17.5 Å². The molecule has 1 aliphatic rings. The van der Waals surface area contributed by atoms with Crippen molar-refractivity contribution in [3.05, 3.63) is 59.0 Å². The molecular formula is C18H21ClN4O3. The number of rotatable bonds is 4. The quantitative estimate of drug-likeness (QED) is 0.368. The van der Waals surface area contributed by atoms with Crippen LogP contribution in [-0.2, 0) is 11.2 Å². The molecule has 0 amide bonds. The molecule has 0 fully saturated rings. The first-order valence-electron chi connectivity index (χ1n) is 8.08. The molecular weight excluding hydrogens is 356 g/mol. The molecule has 0 aliphatic heterocycles. The van der Waals surface area contributed by atoms with Crippen molar-refractivity contribution in [2.75, 3.05) is 6.61 Å². The van der Waals surface area contributed by atoms with Crippen molar-refractivity contribution in [2.45, 2.75) is 25.7 Å². The average Bonchev–Trinajstić information content (AvgIpc) is 3.04. The SMILES string of the molecule is CCOC(=O)c1coc2c1/C(=N/N=C(N)N)CC(c1ccccc1)C2.Cl. The first-order valence-corrected chi connectivity index (χ1v) is 8.08. The van der Waals surface area contributed by atoms with E-state index in [4.69, 9.17) is 20.6 Å². The van der Waals surface area contributed by atoms with Gasteiger partial charge in [0.05, 0.1) is 17.9 Å². The predicted molar refractivity (Wildman–Crippen MR) is 102 cm³/mol. The van der Waals surface area contributed by atoms with Crippen LogP contribution in [0.1, 0.15) is 46.5 Å². The molecule has 4 N–H and O–H groups in total. The normalized spacial score (nSPS) is 17.1. The monoisotopic (exact) mass is 376 g/mol. The van der Waals surface area contributed by atoms with Crippen molar-refractivity contribution in [2.24, 2.45) is 21.7 Å². The third-order valence-electron chi connectivity index (χ3n) is 4.08. The van der Waals surface area contributed by atoms with E-state index in [0.717, 1.165) is 0 Å². The number of esters is 1. The summed E-state index contributed by atoms with van der Waals surface area (Å²) in [6, 6.07) is 10.1. The molecule has 0 radical (unpaired) electrons. The van der Waals surface area contributed by atoms with E-state index in [0.29, 0.717) is 35.4 Å². The Hall–Kier alpha value is -2.80. The van der Waals surface area contributed by atoms with Gasteiger partial charge in [0.25, 0.3) is 0 Å². The summed E-state index contributed by atoms with van der Waals surface area (Å²) in [5.41, 5.74) is 13.6. The molecule has 138 valence electrons. The number of fused-ring (bicyclic) bond motifs is 1. The van der Waals surface area contributed by atoms with E-state index in [1.165, 1.54) is 11.8 Å². The van der Waals surface area contributed by atoms with Gasteiger partial charge in [-0.05, 0) is 24.8 Å². The van der Waals surface area contributed by atoms with Gasteiger partial charge in [0.15, 0.2) is 0 Å². The van der Waals surface area contributed by atoms with E-state index in [1.54, 1.807) is 6.92 Å². The van der Waals surface area contributed by atoms with Gasteiger partial charge in [-0.25, -0.2) is 4.79 Å². The van der Waals surface area contributed by atoms with Crippen molar-refractivity contribution in [3.8, 4) is 0 Å². The number of ether oxygens (including phenoxy) is 1. The lowest BCUT2D eigenvalue weighted by molar-refractivity contribution is 0.0525. The number of hydrogen-bond acceptors (Lipinski definition) is 5. The topological polar surface area (TPSA) is 116 Å². The molecule has 1 aromatic heterocycles. The standard InChI is InChI=1S/C18H20N4O3.ClH/c1-2-24-17(23)13-10-25-15-9-12(11-6-4-3-5-7-11)8-14(16(13)15)21-22-18(19)20;/h3-7,10,12H,2,8-9H2,1H3,(H4,19,20,22);1H/b21-14+;. The van der Waals surface area contributed by atoms with Crippen LogP contribution in [0.2, 0.25) is 0 Å². The molecule has 7 nitrogen and oxygen atoms in total. The summed E-state index contributed by atoms with van der Waals surface area (Å²) in [7, 11) is 0. The highest BCUT2D eigenvalue weighted by Gasteiger charge is 2.32. The van der Waals surface area contributed by atoms with E-state index in [-0.39, 0.29) is 30.9 Å². The smallest absolute Gasteiger partial charge is 0.342 e. The van der Waals surface area contributed by atoms with Crippen molar-refractivity contribution < 1.29 is 13.9 Å². The van der Waals surface area contributed by atoms with Gasteiger partial charge < -0.3 is 20.6 Å². The zero-order valence-electron chi connectivity index (χ0n) is 14.3. The fourth-order valence-electron chi connectivity index (χ4n) is 3.02. The molecule has 0 saturated heterocycles. The van der Waals surface area contributed by atoms with Gasteiger partial charge in [0.2, 0.25) is 5.96 Å². The summed E-state index contributed by atoms with van der Waals surface area (Å²) < 4.78 is 10.7. The molecule has 0 saturated carbocycles. The Morgan fingerprint density at radius 2 is 2.00 bits per heavy atom. The molecule has 8 heteroatoms. The Morgan fingerprint density at radius 1 is 1.27 bits per heavy atom. The van der Waals surface area contributed by atoms with Gasteiger partial charge in [-0.3, -0.25) is 0 Å². The van der Waals surface area contributed by atoms with Crippen LogP contribution in [-0.4, -0.2) is 24.2 Å². The second-order valence-corrected chi connectivity index (χ2v) is 5.76. The minimum atomic E-state index is -0.442. The zero-order valence-corrected chi connectivity index (χ0v) is 15.2. The van der Waals surface area contributed by atoms with E-state index in [2.05, 4.69) is 22.3 Å². The Balaban J connectivity index is 0.00000243. The van der Waals surface area contributed by atoms with E-state index in [9.17, 15) is 4.79 Å². The third kappa shape index (κ3) is 4.05. The Kier molecular flexibility index (Phi) is 6.41. The highest BCUT2D eigenvalue weighted by molar-refractivity contribution is 6.10. The first-order chi connectivity index (χ1) is 12.1. The molecule has 1 aromatic carbocycles. The molecule has 3 rings (SSSR count). The number of halogens is 1. The zero-order chi connectivity index (χ0) is 17.8. The van der Waals surface area contributed by atoms with E-state index >= 15 is 0 Å². The largest absolute Gasteiger partial charge is 0.468 e. The van der Waals surface area contributed by atoms with Crippen LogP contribution in [0, 0.1) is 0 Å². The van der Waals surface area contributed by atoms with Crippen LogP contribution in [0.4, 0.5) is 0 Å². The number of hydrogen-bond donors (Lipinski definition) is 2.